The van der Waals surface area contributed by atoms with Crippen LogP contribution in [-0.2, 0) is 10.0 Å². The largest absolute Gasteiger partial charge is 0.494 e. The Morgan fingerprint density at radius 3 is 3.19 bits per heavy atom. The van der Waals surface area contributed by atoms with Gasteiger partial charge >= 0.3 is 0 Å². The Hall–Kier alpha value is -1.18. The van der Waals surface area contributed by atoms with Gasteiger partial charge in [-0.3, -0.25) is 0 Å². The average molecular weight is 263 g/mol. The molecule has 0 radical (unpaired) electrons. The summed E-state index contributed by atoms with van der Waals surface area (Å²) in [5.41, 5.74) is 0.339. The highest BCUT2D eigenvalue weighted by molar-refractivity contribution is 7.91. The van der Waals surface area contributed by atoms with Crippen LogP contribution in [0.15, 0.2) is 22.5 Å². The number of benzene rings is 1. The number of aromatic nitrogens is 1. The van der Waals surface area contributed by atoms with Crippen LogP contribution >= 0.6 is 11.3 Å². The van der Waals surface area contributed by atoms with Crippen molar-refractivity contribution in [1.29, 1.82) is 0 Å². The van der Waals surface area contributed by atoms with Crippen LogP contribution in [0.1, 0.15) is 13.7 Å². The van der Waals surface area contributed by atoms with E-state index in [1.807, 2.05) is 0 Å². The highest BCUT2D eigenvalue weighted by atomic mass is 32.2. The standard InChI is InChI=1S/C9H10N2O3S2/c1-2-14-6-3-4-7-8(5-6)15-9(11-7)16(10,12)13/h3-5H,2H2,1H3,(H2,10,12,13)/i1D3,2D2. The Morgan fingerprint density at radius 1 is 1.69 bits per heavy atom. The van der Waals surface area contributed by atoms with Crippen LogP contribution in [0.25, 0.3) is 10.2 Å². The fourth-order valence-corrected chi connectivity index (χ4v) is 2.81. The second kappa shape index (κ2) is 4.00. The summed E-state index contributed by atoms with van der Waals surface area (Å²) in [5, 5.41) is 4.97. The van der Waals surface area contributed by atoms with Crippen molar-refractivity contribution in [1.82, 2.24) is 4.98 Å². The fraction of sp³-hybridized carbons (Fsp3) is 0.222. The second-order valence-electron chi connectivity index (χ2n) is 2.86. The van der Waals surface area contributed by atoms with Crippen molar-refractivity contribution in [2.24, 2.45) is 5.14 Å². The highest BCUT2D eigenvalue weighted by Crippen LogP contribution is 2.28. The molecule has 16 heavy (non-hydrogen) atoms. The molecule has 1 heterocycles. The smallest absolute Gasteiger partial charge is 0.265 e. The van der Waals surface area contributed by atoms with E-state index in [9.17, 15) is 8.42 Å². The number of fused-ring (bicyclic) bond motifs is 1. The molecule has 0 aliphatic carbocycles. The normalized spacial score (nSPS) is 18.2. The summed E-state index contributed by atoms with van der Waals surface area (Å²) in [5.74, 6) is -0.0479. The first-order chi connectivity index (χ1) is 9.40. The van der Waals surface area contributed by atoms with Gasteiger partial charge in [-0.2, -0.15) is 0 Å². The summed E-state index contributed by atoms with van der Waals surface area (Å²) < 4.78 is 63.3. The zero-order valence-electron chi connectivity index (χ0n) is 12.8. The lowest BCUT2D eigenvalue weighted by molar-refractivity contribution is 0.341. The molecule has 7 heteroatoms. The van der Waals surface area contributed by atoms with E-state index in [4.69, 9.17) is 16.7 Å². The van der Waals surface area contributed by atoms with E-state index in [0.29, 0.717) is 10.2 Å². The summed E-state index contributed by atoms with van der Waals surface area (Å²) in [6, 6.07) is 4.01. The minimum absolute atomic E-state index is 0.0479. The van der Waals surface area contributed by atoms with Crippen LogP contribution in [0, 0.1) is 0 Å². The summed E-state index contributed by atoms with van der Waals surface area (Å²) in [6.45, 7) is -5.82. The first-order valence-corrected chi connectivity index (χ1v) is 6.39. The number of ether oxygens (including phenoxy) is 1. The molecule has 0 saturated carbocycles. The molecule has 2 N–H and O–H groups in total. The summed E-state index contributed by atoms with van der Waals surface area (Å²) in [7, 11) is -3.93. The Labute approximate surface area is 104 Å². The first-order valence-electron chi connectivity index (χ1n) is 6.52. The molecule has 0 bridgehead atoms. The van der Waals surface area contributed by atoms with E-state index in [-0.39, 0.29) is 10.1 Å². The molecular weight excluding hydrogens is 248 g/mol. The Balaban J connectivity index is 2.40. The lowest BCUT2D eigenvalue weighted by Crippen LogP contribution is -2.11. The molecule has 5 nitrogen and oxygen atoms in total. The molecule has 0 amide bonds. The quantitative estimate of drug-likeness (QED) is 0.906. The van der Waals surface area contributed by atoms with Gasteiger partial charge in [0.2, 0.25) is 4.34 Å². The van der Waals surface area contributed by atoms with Gasteiger partial charge in [0.1, 0.15) is 5.75 Å². The number of hydrogen-bond donors (Lipinski definition) is 1. The molecule has 0 fully saturated rings. The predicted molar refractivity (Wildman–Crippen MR) is 62.2 cm³/mol. The van der Waals surface area contributed by atoms with Gasteiger partial charge < -0.3 is 4.74 Å². The maximum Gasteiger partial charge on any atom is 0.265 e. The zero-order chi connectivity index (χ0) is 16.1. The highest BCUT2D eigenvalue weighted by Gasteiger charge is 2.14. The molecule has 86 valence electrons. The SMILES string of the molecule is [2H]C([2H])([2H])C([2H])([2H])Oc1ccc2nc(S(N)(=O)=O)sc2c1. The maximum atomic E-state index is 11.2. The molecule has 0 spiro atoms. The van der Waals surface area contributed by atoms with E-state index >= 15 is 0 Å². The third-order valence-electron chi connectivity index (χ3n) is 1.75. The van der Waals surface area contributed by atoms with E-state index in [1.165, 1.54) is 18.2 Å². The van der Waals surface area contributed by atoms with E-state index in [2.05, 4.69) is 4.98 Å². The van der Waals surface area contributed by atoms with Crippen molar-refractivity contribution in [3.63, 3.8) is 0 Å². The summed E-state index contributed by atoms with van der Waals surface area (Å²) >= 11 is 0.785. The topological polar surface area (TPSA) is 82.3 Å². The molecular formula is C9H10N2O3S2. The Morgan fingerprint density at radius 2 is 2.50 bits per heavy atom. The lowest BCUT2D eigenvalue weighted by Gasteiger charge is -2.00. The molecule has 0 atom stereocenters. The molecule has 2 aromatic rings. The first kappa shape index (κ1) is 6.53. The van der Waals surface area contributed by atoms with E-state index < -0.39 is 23.4 Å². The number of primary sulfonamides is 1. The van der Waals surface area contributed by atoms with Gasteiger partial charge in [0, 0.05) is 4.11 Å². The third-order valence-corrected chi connectivity index (χ3v) is 4.09. The number of hydrogen-bond acceptors (Lipinski definition) is 5. The molecule has 1 aromatic heterocycles. The van der Waals surface area contributed by atoms with Crippen LogP contribution in [0.5, 0.6) is 5.75 Å². The predicted octanol–water partition coefficient (Wildman–Crippen LogP) is 1.34. The van der Waals surface area contributed by atoms with Gasteiger partial charge in [-0.15, -0.1) is 11.3 Å². The van der Waals surface area contributed by atoms with Crippen LogP contribution < -0.4 is 9.88 Å². The number of nitrogens with zero attached hydrogens (tertiary/aromatic N) is 1. The summed E-state index contributed by atoms with van der Waals surface area (Å²) in [6.07, 6.45) is 0. The van der Waals surface area contributed by atoms with Crippen molar-refractivity contribution in [3.05, 3.63) is 18.2 Å². The van der Waals surface area contributed by atoms with Gasteiger partial charge in [0.15, 0.2) is 0 Å². The Bertz CT molecular complexity index is 784. The number of nitrogens with two attached hydrogens (primary N) is 1. The minimum Gasteiger partial charge on any atom is -0.494 e. The monoisotopic (exact) mass is 263 g/mol. The zero-order valence-corrected chi connectivity index (χ0v) is 9.43. The van der Waals surface area contributed by atoms with Crippen molar-refractivity contribution >= 4 is 31.6 Å². The van der Waals surface area contributed by atoms with Crippen LogP contribution in [0.4, 0.5) is 0 Å². The molecule has 0 unspecified atom stereocenters. The average Bonchev–Trinajstić information content (AvgIpc) is 2.69. The van der Waals surface area contributed by atoms with Crippen LogP contribution in [0.3, 0.4) is 0 Å². The van der Waals surface area contributed by atoms with Crippen molar-refractivity contribution in [2.45, 2.75) is 11.2 Å². The number of thiazole rings is 1. The van der Waals surface area contributed by atoms with Crippen molar-refractivity contribution in [2.75, 3.05) is 6.56 Å². The van der Waals surface area contributed by atoms with Crippen LogP contribution in [0.2, 0.25) is 0 Å². The van der Waals surface area contributed by atoms with Gasteiger partial charge in [-0.1, -0.05) is 0 Å². The Kier molecular flexibility index (Phi) is 1.63. The van der Waals surface area contributed by atoms with Gasteiger partial charge in [0.05, 0.1) is 19.5 Å². The lowest BCUT2D eigenvalue weighted by atomic mass is 10.3. The molecule has 2 rings (SSSR count). The van der Waals surface area contributed by atoms with Crippen molar-refractivity contribution < 1.29 is 20.0 Å². The minimum atomic E-state index is -3.93. The second-order valence-corrected chi connectivity index (χ2v) is 5.62. The summed E-state index contributed by atoms with van der Waals surface area (Å²) in [4.78, 5) is 3.82. The maximum absolute atomic E-state index is 11.2. The van der Waals surface area contributed by atoms with Gasteiger partial charge in [-0.05, 0) is 25.1 Å². The third kappa shape index (κ3) is 2.16. The van der Waals surface area contributed by atoms with E-state index in [1.54, 1.807) is 0 Å². The molecule has 0 aliphatic rings. The molecule has 0 saturated heterocycles. The molecule has 0 aliphatic heterocycles. The van der Waals surface area contributed by atoms with Crippen LogP contribution in [-0.4, -0.2) is 20.0 Å². The van der Waals surface area contributed by atoms with Crippen molar-refractivity contribution in [3.8, 4) is 5.75 Å². The van der Waals surface area contributed by atoms with E-state index in [0.717, 1.165) is 11.3 Å². The number of rotatable bonds is 3. The fourth-order valence-electron chi connectivity index (χ4n) is 1.13. The number of sulfonamides is 1. The van der Waals surface area contributed by atoms with Gasteiger partial charge in [0.25, 0.3) is 10.0 Å². The molecule has 1 aromatic carbocycles. The van der Waals surface area contributed by atoms with Gasteiger partial charge in [-0.25, -0.2) is 18.5 Å².